The Kier molecular flexibility index (Phi) is 9.52. The summed E-state index contributed by atoms with van der Waals surface area (Å²) in [5, 5.41) is 10.7. The molecular weight excluding hydrogens is 601 g/mol. The number of nitrogens with zero attached hydrogens (tertiary/aromatic N) is 3. The SMILES string of the molecule is CC(C)C1NCCC2CCCOC3CCCC(F)C3C3NC4C(CC3F)C(N3CCN(C(=O)C5OC5CF)C[C@@H]3C)NC(=O)N4C21. The maximum Gasteiger partial charge on any atom is 0.320 e. The second-order valence-corrected chi connectivity index (χ2v) is 15.3. The molecule has 0 radical (unpaired) electrons. The zero-order chi connectivity index (χ0) is 32.3. The molecule has 10 nitrogen and oxygen atoms in total. The lowest BCUT2D eigenvalue weighted by atomic mass is 9.72. The minimum atomic E-state index is -1.31. The Morgan fingerprint density at radius 2 is 1.89 bits per heavy atom. The number of rotatable bonds is 4. The number of nitrogens with one attached hydrogen (secondary N) is 3. The number of hydrogen-bond donors (Lipinski definition) is 3. The summed E-state index contributed by atoms with van der Waals surface area (Å²) < 4.78 is 57.0. The van der Waals surface area contributed by atoms with Crippen LogP contribution in [0.4, 0.5) is 18.0 Å². The number of hydrogen-bond acceptors (Lipinski definition) is 7. The van der Waals surface area contributed by atoms with Gasteiger partial charge in [-0.05, 0) is 70.3 Å². The molecule has 7 fully saturated rings. The molecule has 0 spiro atoms. The van der Waals surface area contributed by atoms with E-state index in [9.17, 15) is 14.0 Å². The second kappa shape index (κ2) is 13.3. The Bertz CT molecular complexity index is 1120. The van der Waals surface area contributed by atoms with Gasteiger partial charge in [0.2, 0.25) is 0 Å². The summed E-state index contributed by atoms with van der Waals surface area (Å²) in [5.41, 5.74) is 0. The summed E-state index contributed by atoms with van der Waals surface area (Å²) in [5.74, 6) is -0.577. The second-order valence-electron chi connectivity index (χ2n) is 15.3. The highest BCUT2D eigenvalue weighted by atomic mass is 19.1. The fourth-order valence-electron chi connectivity index (χ4n) is 9.96. The maximum atomic E-state index is 16.6. The average Bonchev–Trinajstić information content (AvgIpc) is 3.82. The molecule has 6 saturated heterocycles. The normalized spacial score (nSPS) is 46.8. The highest BCUT2D eigenvalue weighted by Gasteiger charge is 2.58. The van der Waals surface area contributed by atoms with Crippen molar-refractivity contribution < 1.29 is 32.2 Å². The molecule has 0 aromatic rings. The number of fused-ring (bicyclic) bond motifs is 5. The van der Waals surface area contributed by atoms with E-state index in [1.54, 1.807) is 4.90 Å². The van der Waals surface area contributed by atoms with Gasteiger partial charge in [0.1, 0.15) is 25.1 Å². The van der Waals surface area contributed by atoms with Crippen LogP contribution in [0.1, 0.15) is 65.7 Å². The summed E-state index contributed by atoms with van der Waals surface area (Å²) >= 11 is 0. The third-order valence-corrected chi connectivity index (χ3v) is 12.3. The lowest BCUT2D eigenvalue weighted by molar-refractivity contribution is -0.140. The first-order valence-corrected chi connectivity index (χ1v) is 17.9. The van der Waals surface area contributed by atoms with Gasteiger partial charge in [0.25, 0.3) is 5.91 Å². The third kappa shape index (κ3) is 5.94. The summed E-state index contributed by atoms with van der Waals surface area (Å²) in [7, 11) is 0. The molecule has 3 N–H and O–H groups in total. The Morgan fingerprint density at radius 1 is 1.07 bits per heavy atom. The summed E-state index contributed by atoms with van der Waals surface area (Å²) in [4.78, 5) is 33.3. The van der Waals surface area contributed by atoms with Crippen molar-refractivity contribution in [2.75, 3.05) is 39.5 Å². The van der Waals surface area contributed by atoms with E-state index >= 15 is 8.78 Å². The van der Waals surface area contributed by atoms with E-state index in [1.807, 2.05) is 11.8 Å². The van der Waals surface area contributed by atoms with E-state index in [0.717, 1.165) is 38.6 Å². The summed E-state index contributed by atoms with van der Waals surface area (Å²) in [6.07, 6.45) is -0.395. The van der Waals surface area contributed by atoms with Gasteiger partial charge in [0.05, 0.1) is 24.5 Å². The molecule has 1 aliphatic carbocycles. The van der Waals surface area contributed by atoms with Crippen molar-refractivity contribution in [3.8, 4) is 0 Å². The summed E-state index contributed by atoms with van der Waals surface area (Å²) in [6, 6.07) is -1.10. The quantitative estimate of drug-likeness (QED) is 0.401. The van der Waals surface area contributed by atoms with Crippen LogP contribution in [0.25, 0.3) is 0 Å². The van der Waals surface area contributed by atoms with Crippen molar-refractivity contribution in [1.29, 1.82) is 0 Å². The van der Waals surface area contributed by atoms with Crippen LogP contribution in [0.2, 0.25) is 0 Å². The molecule has 0 aromatic carbocycles. The first-order valence-electron chi connectivity index (χ1n) is 17.9. The Morgan fingerprint density at radius 3 is 2.63 bits per heavy atom. The van der Waals surface area contributed by atoms with Gasteiger partial charge >= 0.3 is 6.03 Å². The van der Waals surface area contributed by atoms with E-state index < -0.39 is 55.5 Å². The fraction of sp³-hybridized carbons (Fsp3) is 0.939. The van der Waals surface area contributed by atoms with Crippen molar-refractivity contribution in [2.24, 2.45) is 23.7 Å². The monoisotopic (exact) mass is 654 g/mol. The first kappa shape index (κ1) is 32.9. The van der Waals surface area contributed by atoms with Crippen LogP contribution in [0.15, 0.2) is 0 Å². The molecule has 1 saturated carbocycles. The third-order valence-electron chi connectivity index (χ3n) is 12.3. The van der Waals surface area contributed by atoms with Gasteiger partial charge in [-0.3, -0.25) is 15.0 Å². The van der Waals surface area contributed by atoms with Gasteiger partial charge in [0, 0.05) is 56.2 Å². The molecule has 14 atom stereocenters. The van der Waals surface area contributed by atoms with Gasteiger partial charge in [-0.15, -0.1) is 0 Å². The number of urea groups is 1. The number of ether oxygens (including phenoxy) is 2. The Hall–Kier alpha value is -1.67. The van der Waals surface area contributed by atoms with Gasteiger partial charge in [-0.2, -0.15) is 0 Å². The number of carbonyl (C=O) groups is 2. The van der Waals surface area contributed by atoms with Crippen LogP contribution >= 0.6 is 0 Å². The minimum absolute atomic E-state index is 0.0662. The van der Waals surface area contributed by atoms with E-state index in [2.05, 4.69) is 34.7 Å². The van der Waals surface area contributed by atoms with Crippen LogP contribution in [0, 0.1) is 23.7 Å². The number of amides is 3. The number of piperidine rings is 2. The van der Waals surface area contributed by atoms with Gasteiger partial charge in [-0.25, -0.2) is 18.0 Å². The van der Waals surface area contributed by atoms with Crippen molar-refractivity contribution in [3.05, 3.63) is 0 Å². The van der Waals surface area contributed by atoms with E-state index in [-0.39, 0.29) is 60.3 Å². The molecule has 7 rings (SSSR count). The molecular formula is C33H53F3N6O4. The topological polar surface area (TPSA) is 102 Å². The molecule has 46 heavy (non-hydrogen) atoms. The predicted molar refractivity (Wildman–Crippen MR) is 165 cm³/mol. The molecule has 0 aromatic heterocycles. The molecule has 3 amide bonds. The average molecular weight is 655 g/mol. The van der Waals surface area contributed by atoms with Crippen LogP contribution < -0.4 is 16.0 Å². The van der Waals surface area contributed by atoms with E-state index in [0.29, 0.717) is 32.7 Å². The van der Waals surface area contributed by atoms with Gasteiger partial charge in [0.15, 0.2) is 6.10 Å². The number of halogens is 3. The Labute approximate surface area is 270 Å². The maximum absolute atomic E-state index is 16.6. The van der Waals surface area contributed by atoms with Crippen LogP contribution in [0.5, 0.6) is 0 Å². The lowest BCUT2D eigenvalue weighted by Crippen LogP contribution is -2.80. The highest BCUT2D eigenvalue weighted by molar-refractivity contribution is 5.84. The first-order chi connectivity index (χ1) is 22.2. The van der Waals surface area contributed by atoms with E-state index in [1.165, 1.54) is 0 Å². The standard InChI is InChI=1S/C33H53F3N6O4/c1-17(2)26-28-19(9-10-37-26)6-5-13-45-23-8-4-7-21(35)25(23)27-22(36)14-20-30(39-33(44)42(28)31(20)38-27)41-12-11-40(16-18(41)3)32(43)29-24(15-34)46-29/h17-31,37-38H,4-16H2,1-3H3,(H,39,44)/t18-,19?,20?,21?,22?,23?,24?,25?,26?,27?,28?,29?,30?,31?/m0/s1. The van der Waals surface area contributed by atoms with Gasteiger partial charge in [-0.1, -0.05) is 13.8 Å². The van der Waals surface area contributed by atoms with Crippen LogP contribution in [0.3, 0.4) is 0 Å². The Balaban J connectivity index is 1.20. The number of carbonyl (C=O) groups excluding carboxylic acids is 2. The number of epoxide rings is 1. The lowest BCUT2D eigenvalue weighted by Gasteiger charge is -2.60. The zero-order valence-electron chi connectivity index (χ0n) is 27.5. The molecule has 260 valence electrons. The largest absolute Gasteiger partial charge is 0.378 e. The smallest absolute Gasteiger partial charge is 0.320 e. The highest BCUT2D eigenvalue weighted by Crippen LogP contribution is 2.43. The van der Waals surface area contributed by atoms with Crippen molar-refractivity contribution >= 4 is 11.9 Å². The van der Waals surface area contributed by atoms with Crippen LogP contribution in [-0.4, -0.2) is 133 Å². The number of alkyl halides is 3. The molecule has 13 unspecified atom stereocenters. The summed E-state index contributed by atoms with van der Waals surface area (Å²) in [6.45, 7) is 8.42. The molecule has 7 aliphatic rings. The molecule has 6 heterocycles. The van der Waals surface area contributed by atoms with Crippen LogP contribution in [-0.2, 0) is 14.3 Å². The molecule has 6 aliphatic heterocycles. The molecule has 13 heteroatoms. The van der Waals surface area contributed by atoms with Gasteiger partial charge < -0.3 is 29.9 Å². The van der Waals surface area contributed by atoms with E-state index in [4.69, 9.17) is 9.47 Å². The van der Waals surface area contributed by atoms with Crippen molar-refractivity contribution in [2.45, 2.75) is 133 Å². The predicted octanol–water partition coefficient (Wildman–Crippen LogP) is 2.57. The van der Waals surface area contributed by atoms with Crippen molar-refractivity contribution in [1.82, 2.24) is 30.7 Å². The minimum Gasteiger partial charge on any atom is -0.378 e. The molecule has 2 bridgehead atoms. The number of piperazine rings is 1. The van der Waals surface area contributed by atoms with Crippen molar-refractivity contribution in [3.63, 3.8) is 0 Å². The zero-order valence-corrected chi connectivity index (χ0v) is 27.5. The fourth-order valence-corrected chi connectivity index (χ4v) is 9.96.